The number of benzene rings is 1. The number of amides is 3. The van der Waals surface area contributed by atoms with Gasteiger partial charge < -0.3 is 4.90 Å². The minimum absolute atomic E-state index is 0.0288. The predicted octanol–water partition coefficient (Wildman–Crippen LogP) is 1.01. The number of hydrazine groups is 1. The number of nitrogens with zero attached hydrogens (tertiary/aromatic N) is 2. The molecule has 7 heteroatoms. The topological polar surface area (TPSA) is 91.4 Å². The Morgan fingerprint density at radius 2 is 1.92 bits per heavy atom. The van der Waals surface area contributed by atoms with Gasteiger partial charge in [-0.3, -0.25) is 25.2 Å². The van der Waals surface area contributed by atoms with Crippen LogP contribution >= 0.6 is 0 Å². The number of hydrogen-bond acceptors (Lipinski definition) is 4. The average Bonchev–Trinajstić information content (AvgIpc) is 2.61. The predicted molar refractivity (Wildman–Crippen MR) is 87.8 cm³/mol. The maximum Gasteiger partial charge on any atom is 0.288 e. The van der Waals surface area contributed by atoms with Crippen LogP contribution in [0.5, 0.6) is 0 Å². The second-order valence-electron chi connectivity index (χ2n) is 5.66. The molecule has 0 aliphatic carbocycles. The standard InChI is InChI=1S/C17H18N4O3/c22-15(11-21-10-4-3-7-16(21)23)19-20-17(24)14-9-8-12-5-1-2-6-13(12)18-14/h1-2,5-6,8-9H,3-4,7,10-11H2,(H,19,22)(H,20,24). The number of rotatable bonds is 3. The smallest absolute Gasteiger partial charge is 0.288 e. The Morgan fingerprint density at radius 3 is 2.75 bits per heavy atom. The lowest BCUT2D eigenvalue weighted by Crippen LogP contribution is -2.48. The number of carbonyl (C=O) groups excluding carboxylic acids is 3. The van der Waals surface area contributed by atoms with Crippen LogP contribution in [0.25, 0.3) is 10.9 Å². The lowest BCUT2D eigenvalue weighted by molar-refractivity contribution is -0.138. The first kappa shape index (κ1) is 15.9. The third-order valence-electron chi connectivity index (χ3n) is 3.90. The van der Waals surface area contributed by atoms with E-state index in [4.69, 9.17) is 0 Å². The van der Waals surface area contributed by atoms with E-state index in [2.05, 4.69) is 15.8 Å². The van der Waals surface area contributed by atoms with Crippen molar-refractivity contribution < 1.29 is 14.4 Å². The molecule has 0 bridgehead atoms. The van der Waals surface area contributed by atoms with E-state index in [1.54, 1.807) is 12.1 Å². The third kappa shape index (κ3) is 3.68. The molecule has 1 aromatic heterocycles. The van der Waals surface area contributed by atoms with Gasteiger partial charge in [0.05, 0.1) is 5.52 Å². The summed E-state index contributed by atoms with van der Waals surface area (Å²) >= 11 is 0. The minimum Gasteiger partial charge on any atom is -0.333 e. The van der Waals surface area contributed by atoms with Gasteiger partial charge in [0.2, 0.25) is 5.91 Å². The molecule has 24 heavy (non-hydrogen) atoms. The molecule has 1 aromatic carbocycles. The molecule has 2 heterocycles. The molecule has 2 N–H and O–H groups in total. The van der Waals surface area contributed by atoms with Gasteiger partial charge in [-0.25, -0.2) is 4.98 Å². The zero-order valence-corrected chi connectivity index (χ0v) is 13.1. The van der Waals surface area contributed by atoms with E-state index in [9.17, 15) is 14.4 Å². The average molecular weight is 326 g/mol. The van der Waals surface area contributed by atoms with E-state index in [-0.39, 0.29) is 18.1 Å². The highest BCUT2D eigenvalue weighted by Gasteiger charge is 2.20. The van der Waals surface area contributed by atoms with Gasteiger partial charge in [-0.05, 0) is 25.0 Å². The normalized spacial score (nSPS) is 14.5. The monoisotopic (exact) mass is 326 g/mol. The van der Waals surface area contributed by atoms with Gasteiger partial charge in [-0.1, -0.05) is 24.3 Å². The van der Waals surface area contributed by atoms with E-state index in [0.29, 0.717) is 18.5 Å². The summed E-state index contributed by atoms with van der Waals surface area (Å²) in [7, 11) is 0. The van der Waals surface area contributed by atoms with Crippen molar-refractivity contribution in [3.63, 3.8) is 0 Å². The largest absolute Gasteiger partial charge is 0.333 e. The van der Waals surface area contributed by atoms with Crippen LogP contribution in [0.4, 0.5) is 0 Å². The number of nitrogens with one attached hydrogen (secondary N) is 2. The summed E-state index contributed by atoms with van der Waals surface area (Å²) in [5.74, 6) is -0.961. The van der Waals surface area contributed by atoms with Crippen molar-refractivity contribution >= 4 is 28.6 Å². The molecule has 3 rings (SSSR count). The second-order valence-corrected chi connectivity index (χ2v) is 5.66. The van der Waals surface area contributed by atoms with Gasteiger partial charge in [-0.15, -0.1) is 0 Å². The van der Waals surface area contributed by atoms with Crippen molar-refractivity contribution in [3.05, 3.63) is 42.1 Å². The maximum atomic E-state index is 12.1. The Kier molecular flexibility index (Phi) is 4.69. The van der Waals surface area contributed by atoms with Crippen LogP contribution in [0, 0.1) is 0 Å². The van der Waals surface area contributed by atoms with Crippen molar-refractivity contribution in [2.24, 2.45) is 0 Å². The first-order valence-corrected chi connectivity index (χ1v) is 7.86. The van der Waals surface area contributed by atoms with E-state index in [0.717, 1.165) is 18.2 Å². The number of likely N-dealkylation sites (tertiary alicyclic amines) is 1. The van der Waals surface area contributed by atoms with Crippen LogP contribution in [0.15, 0.2) is 36.4 Å². The van der Waals surface area contributed by atoms with Crippen molar-refractivity contribution in [1.82, 2.24) is 20.7 Å². The molecule has 124 valence electrons. The second kappa shape index (κ2) is 7.08. The van der Waals surface area contributed by atoms with Gasteiger partial charge in [-0.2, -0.15) is 0 Å². The number of hydrogen-bond donors (Lipinski definition) is 2. The Balaban J connectivity index is 1.56. The quantitative estimate of drug-likeness (QED) is 0.824. The number of para-hydroxylation sites is 1. The first-order chi connectivity index (χ1) is 11.6. The maximum absolute atomic E-state index is 12.1. The van der Waals surface area contributed by atoms with Gasteiger partial charge in [0.1, 0.15) is 12.2 Å². The molecular weight excluding hydrogens is 308 g/mol. The van der Waals surface area contributed by atoms with Gasteiger partial charge >= 0.3 is 0 Å². The molecule has 1 saturated heterocycles. The summed E-state index contributed by atoms with van der Waals surface area (Å²) in [6.45, 7) is 0.524. The van der Waals surface area contributed by atoms with Crippen LogP contribution in [0.3, 0.4) is 0 Å². The van der Waals surface area contributed by atoms with Crippen LogP contribution in [-0.2, 0) is 9.59 Å². The Labute approximate surface area is 139 Å². The number of piperidine rings is 1. The van der Waals surface area contributed by atoms with Crippen LogP contribution in [-0.4, -0.2) is 40.7 Å². The summed E-state index contributed by atoms with van der Waals surface area (Å²) in [6, 6.07) is 10.8. The molecule has 7 nitrogen and oxygen atoms in total. The Bertz CT molecular complexity index is 790. The summed E-state index contributed by atoms with van der Waals surface area (Å²) in [4.78, 5) is 41.4. The first-order valence-electron chi connectivity index (χ1n) is 7.86. The van der Waals surface area contributed by atoms with Crippen molar-refractivity contribution in [2.75, 3.05) is 13.1 Å². The SMILES string of the molecule is O=C(CN1CCCCC1=O)NNC(=O)c1ccc2ccccc2n1. The third-order valence-corrected chi connectivity index (χ3v) is 3.90. The van der Waals surface area contributed by atoms with E-state index in [1.807, 2.05) is 24.3 Å². The van der Waals surface area contributed by atoms with Gasteiger partial charge in [0, 0.05) is 18.4 Å². The van der Waals surface area contributed by atoms with E-state index in [1.165, 1.54) is 4.90 Å². The summed E-state index contributed by atoms with van der Waals surface area (Å²) in [6.07, 6.45) is 2.23. The molecule has 2 aromatic rings. The van der Waals surface area contributed by atoms with Crippen LogP contribution in [0.1, 0.15) is 29.8 Å². The van der Waals surface area contributed by atoms with Crippen molar-refractivity contribution in [2.45, 2.75) is 19.3 Å². The highest BCUT2D eigenvalue weighted by Crippen LogP contribution is 2.11. The lowest BCUT2D eigenvalue weighted by Gasteiger charge is -2.25. The highest BCUT2D eigenvalue weighted by molar-refractivity contribution is 5.96. The molecule has 3 amide bonds. The molecular formula is C17H18N4O3. The van der Waals surface area contributed by atoms with Crippen LogP contribution in [0.2, 0.25) is 0 Å². The molecule has 1 fully saturated rings. The molecule has 0 radical (unpaired) electrons. The van der Waals surface area contributed by atoms with Crippen molar-refractivity contribution in [3.8, 4) is 0 Å². The highest BCUT2D eigenvalue weighted by atomic mass is 16.2. The zero-order valence-electron chi connectivity index (χ0n) is 13.1. The molecule has 0 saturated carbocycles. The van der Waals surface area contributed by atoms with E-state index < -0.39 is 11.8 Å². The van der Waals surface area contributed by atoms with Gasteiger partial charge in [0.15, 0.2) is 0 Å². The Morgan fingerprint density at radius 1 is 1.08 bits per heavy atom. The molecule has 0 unspecified atom stereocenters. The number of aromatic nitrogens is 1. The number of carbonyl (C=O) groups is 3. The van der Waals surface area contributed by atoms with E-state index >= 15 is 0 Å². The van der Waals surface area contributed by atoms with Crippen LogP contribution < -0.4 is 10.9 Å². The Hall–Kier alpha value is -2.96. The number of fused-ring (bicyclic) bond motifs is 1. The van der Waals surface area contributed by atoms with Gasteiger partial charge in [0.25, 0.3) is 11.8 Å². The summed E-state index contributed by atoms with van der Waals surface area (Å²) in [5.41, 5.74) is 5.57. The minimum atomic E-state index is -0.501. The lowest BCUT2D eigenvalue weighted by atomic mass is 10.1. The summed E-state index contributed by atoms with van der Waals surface area (Å²) < 4.78 is 0. The fraction of sp³-hybridized carbons (Fsp3) is 0.294. The fourth-order valence-electron chi connectivity index (χ4n) is 2.62. The molecule has 1 aliphatic rings. The van der Waals surface area contributed by atoms with Crippen molar-refractivity contribution in [1.29, 1.82) is 0 Å². The molecule has 1 aliphatic heterocycles. The molecule has 0 atom stereocenters. The summed E-state index contributed by atoms with van der Waals surface area (Å²) in [5, 5.41) is 0.932. The number of pyridine rings is 1. The fourth-order valence-corrected chi connectivity index (χ4v) is 2.62. The molecule has 0 spiro atoms. The zero-order chi connectivity index (χ0) is 16.9.